The van der Waals surface area contributed by atoms with E-state index in [2.05, 4.69) is 26.8 Å². The summed E-state index contributed by atoms with van der Waals surface area (Å²) >= 11 is 3.32. The summed E-state index contributed by atoms with van der Waals surface area (Å²) in [5.74, 6) is 0.0761. The molecule has 0 bridgehead atoms. The number of carbonyl (C=O) groups excluding carboxylic acids is 2. The van der Waals surface area contributed by atoms with E-state index in [1.54, 1.807) is 24.3 Å². The molecule has 0 atom stereocenters. The molecule has 0 radical (unpaired) electrons. The average Bonchev–Trinajstić information content (AvgIpc) is 2.71. The molecule has 3 rings (SSSR count). The lowest BCUT2D eigenvalue weighted by atomic mass is 10.1. The van der Waals surface area contributed by atoms with Crippen LogP contribution in [0.2, 0.25) is 0 Å². The summed E-state index contributed by atoms with van der Waals surface area (Å²) in [7, 11) is 0. The molecule has 2 amide bonds. The van der Waals surface area contributed by atoms with Crippen molar-refractivity contribution in [2.45, 2.75) is 6.92 Å². The number of carbonyl (C=O) groups is 2. The van der Waals surface area contributed by atoms with E-state index in [0.29, 0.717) is 23.7 Å². The maximum atomic E-state index is 12.4. The molecular weight excluding hydrogens is 424 g/mol. The van der Waals surface area contributed by atoms with Crippen molar-refractivity contribution in [3.63, 3.8) is 0 Å². The largest absolute Gasteiger partial charge is 0.493 e. The van der Waals surface area contributed by atoms with Gasteiger partial charge in [-0.1, -0.05) is 52.3 Å². The summed E-state index contributed by atoms with van der Waals surface area (Å²) in [6, 6.07) is 18.4. The Morgan fingerprint density at radius 2 is 1.71 bits per heavy atom. The van der Waals surface area contributed by atoms with Gasteiger partial charge in [-0.05, 0) is 36.6 Å². The zero-order chi connectivity index (χ0) is 19.9. The average molecular weight is 443 g/mol. The van der Waals surface area contributed by atoms with Crippen LogP contribution in [0.3, 0.4) is 0 Å². The standard InChI is InChI=1S/C21H19BrN2O4/c1-2-27-19-11-10-15(22)12-17(19)21(26)24-23-20(25)13-28-18-9-5-7-14-6-3-4-8-16(14)18/h3-12H,2,13H2,1H3,(H,23,25)(H,24,26). The van der Waals surface area contributed by atoms with Gasteiger partial charge in [-0.2, -0.15) is 0 Å². The highest BCUT2D eigenvalue weighted by molar-refractivity contribution is 9.10. The fourth-order valence-electron chi connectivity index (χ4n) is 2.66. The Balaban J connectivity index is 1.59. The summed E-state index contributed by atoms with van der Waals surface area (Å²) in [5, 5.41) is 1.93. The maximum absolute atomic E-state index is 12.4. The molecule has 0 aliphatic rings. The Morgan fingerprint density at radius 1 is 0.929 bits per heavy atom. The van der Waals surface area contributed by atoms with Crippen LogP contribution in [0.5, 0.6) is 11.5 Å². The highest BCUT2D eigenvalue weighted by atomic mass is 79.9. The van der Waals surface area contributed by atoms with Crippen molar-refractivity contribution in [3.05, 3.63) is 70.7 Å². The molecule has 144 valence electrons. The predicted octanol–water partition coefficient (Wildman–Crippen LogP) is 3.84. The minimum absolute atomic E-state index is 0.231. The first-order valence-corrected chi connectivity index (χ1v) is 9.50. The van der Waals surface area contributed by atoms with Crippen LogP contribution in [-0.2, 0) is 4.79 Å². The second-order valence-corrected chi connectivity index (χ2v) is 6.76. The number of hydrazine groups is 1. The van der Waals surface area contributed by atoms with Crippen molar-refractivity contribution in [2.24, 2.45) is 0 Å². The van der Waals surface area contributed by atoms with Crippen molar-refractivity contribution in [1.82, 2.24) is 10.9 Å². The van der Waals surface area contributed by atoms with Gasteiger partial charge in [-0.15, -0.1) is 0 Å². The Kier molecular flexibility index (Phi) is 6.49. The second-order valence-electron chi connectivity index (χ2n) is 5.84. The molecule has 7 heteroatoms. The summed E-state index contributed by atoms with van der Waals surface area (Å²) in [5.41, 5.74) is 5.04. The van der Waals surface area contributed by atoms with E-state index < -0.39 is 11.8 Å². The van der Waals surface area contributed by atoms with Gasteiger partial charge >= 0.3 is 0 Å². The van der Waals surface area contributed by atoms with E-state index >= 15 is 0 Å². The highest BCUT2D eigenvalue weighted by Crippen LogP contribution is 2.25. The minimum atomic E-state index is -0.483. The Morgan fingerprint density at radius 3 is 2.54 bits per heavy atom. The van der Waals surface area contributed by atoms with Crippen LogP contribution in [0, 0.1) is 0 Å². The van der Waals surface area contributed by atoms with Gasteiger partial charge < -0.3 is 9.47 Å². The number of hydrogen-bond donors (Lipinski definition) is 2. The van der Waals surface area contributed by atoms with E-state index in [1.807, 2.05) is 43.3 Å². The third kappa shape index (κ3) is 4.80. The first-order chi connectivity index (χ1) is 13.6. The topological polar surface area (TPSA) is 76.7 Å². The molecule has 3 aromatic carbocycles. The number of halogens is 1. The lowest BCUT2D eigenvalue weighted by molar-refractivity contribution is -0.123. The monoisotopic (exact) mass is 442 g/mol. The number of nitrogens with one attached hydrogen (secondary N) is 2. The van der Waals surface area contributed by atoms with Gasteiger partial charge in [0.15, 0.2) is 6.61 Å². The van der Waals surface area contributed by atoms with Crippen LogP contribution < -0.4 is 20.3 Å². The first kappa shape index (κ1) is 19.7. The third-order valence-corrected chi connectivity index (χ3v) is 4.40. The van der Waals surface area contributed by atoms with Crippen LogP contribution in [0.4, 0.5) is 0 Å². The summed E-state index contributed by atoms with van der Waals surface area (Å²) in [4.78, 5) is 24.5. The fraction of sp³-hybridized carbons (Fsp3) is 0.143. The van der Waals surface area contributed by atoms with Gasteiger partial charge in [0.05, 0.1) is 12.2 Å². The maximum Gasteiger partial charge on any atom is 0.276 e. The van der Waals surface area contributed by atoms with E-state index in [0.717, 1.165) is 15.2 Å². The molecule has 6 nitrogen and oxygen atoms in total. The lowest BCUT2D eigenvalue weighted by Gasteiger charge is -2.13. The molecule has 28 heavy (non-hydrogen) atoms. The molecule has 0 fully saturated rings. The van der Waals surface area contributed by atoms with Crippen molar-refractivity contribution in [3.8, 4) is 11.5 Å². The molecule has 0 aromatic heterocycles. The highest BCUT2D eigenvalue weighted by Gasteiger charge is 2.14. The van der Waals surface area contributed by atoms with Crippen molar-refractivity contribution >= 4 is 38.5 Å². The van der Waals surface area contributed by atoms with Gasteiger partial charge in [0.25, 0.3) is 11.8 Å². The molecule has 0 heterocycles. The van der Waals surface area contributed by atoms with E-state index in [9.17, 15) is 9.59 Å². The van der Waals surface area contributed by atoms with Gasteiger partial charge in [0.1, 0.15) is 11.5 Å². The van der Waals surface area contributed by atoms with Gasteiger partial charge in [0.2, 0.25) is 0 Å². The number of amides is 2. The molecule has 0 saturated heterocycles. The second kappa shape index (κ2) is 9.23. The Bertz CT molecular complexity index is 1000. The zero-order valence-electron chi connectivity index (χ0n) is 15.2. The molecule has 0 spiro atoms. The molecule has 0 unspecified atom stereocenters. The van der Waals surface area contributed by atoms with Gasteiger partial charge in [-0.25, -0.2) is 0 Å². The molecule has 0 aliphatic heterocycles. The van der Waals surface area contributed by atoms with Crippen molar-refractivity contribution in [2.75, 3.05) is 13.2 Å². The predicted molar refractivity (Wildman–Crippen MR) is 110 cm³/mol. The van der Waals surface area contributed by atoms with Crippen LogP contribution in [0.1, 0.15) is 17.3 Å². The Labute approximate surface area is 170 Å². The Hall–Kier alpha value is -3.06. The van der Waals surface area contributed by atoms with E-state index in [-0.39, 0.29) is 6.61 Å². The van der Waals surface area contributed by atoms with Crippen LogP contribution in [0.25, 0.3) is 10.8 Å². The molecule has 0 aliphatic carbocycles. The summed E-state index contributed by atoms with van der Waals surface area (Å²) in [6.07, 6.45) is 0. The van der Waals surface area contributed by atoms with Crippen LogP contribution >= 0.6 is 15.9 Å². The number of benzene rings is 3. The number of rotatable bonds is 6. The van der Waals surface area contributed by atoms with Crippen LogP contribution in [0.15, 0.2) is 65.1 Å². The van der Waals surface area contributed by atoms with E-state index in [4.69, 9.17) is 9.47 Å². The SMILES string of the molecule is CCOc1ccc(Br)cc1C(=O)NNC(=O)COc1cccc2ccccc12. The molecule has 3 aromatic rings. The number of ether oxygens (including phenoxy) is 2. The van der Waals surface area contributed by atoms with Crippen LogP contribution in [-0.4, -0.2) is 25.0 Å². The molecular formula is C21H19BrN2O4. The van der Waals surface area contributed by atoms with Gasteiger partial charge in [0, 0.05) is 9.86 Å². The quantitative estimate of drug-likeness (QED) is 0.568. The molecule has 2 N–H and O–H groups in total. The minimum Gasteiger partial charge on any atom is -0.493 e. The smallest absolute Gasteiger partial charge is 0.276 e. The first-order valence-electron chi connectivity index (χ1n) is 8.70. The summed E-state index contributed by atoms with van der Waals surface area (Å²) < 4.78 is 11.8. The number of hydrogen-bond acceptors (Lipinski definition) is 4. The van der Waals surface area contributed by atoms with Gasteiger partial charge in [-0.3, -0.25) is 20.4 Å². The third-order valence-electron chi connectivity index (χ3n) is 3.91. The van der Waals surface area contributed by atoms with Crippen molar-refractivity contribution in [1.29, 1.82) is 0 Å². The normalized spacial score (nSPS) is 10.4. The zero-order valence-corrected chi connectivity index (χ0v) is 16.8. The van der Waals surface area contributed by atoms with E-state index in [1.165, 1.54) is 0 Å². The van der Waals surface area contributed by atoms with Crippen molar-refractivity contribution < 1.29 is 19.1 Å². The lowest BCUT2D eigenvalue weighted by Crippen LogP contribution is -2.44. The molecule has 0 saturated carbocycles. The fourth-order valence-corrected chi connectivity index (χ4v) is 3.02. The number of fused-ring (bicyclic) bond motifs is 1. The summed E-state index contributed by atoms with van der Waals surface area (Å²) in [6.45, 7) is 2.02.